The van der Waals surface area contributed by atoms with Crippen LogP contribution in [0.25, 0.3) is 0 Å². The number of carbonyl (C=O) groups is 2. The van der Waals surface area contributed by atoms with Crippen molar-refractivity contribution < 1.29 is 9.59 Å². The van der Waals surface area contributed by atoms with Gasteiger partial charge in [-0.15, -0.1) is 0 Å². The molecule has 1 fully saturated rings. The Hall–Kier alpha value is -2.40. The zero-order valence-corrected chi connectivity index (χ0v) is 13.0. The second-order valence-corrected chi connectivity index (χ2v) is 6.20. The molecule has 1 aromatic heterocycles. The molecule has 0 bridgehead atoms. The van der Waals surface area contributed by atoms with Crippen molar-refractivity contribution in [3.63, 3.8) is 0 Å². The highest BCUT2D eigenvalue weighted by Gasteiger charge is 2.55. The molecule has 1 spiro atoms. The number of nitrogens with zero attached hydrogens (tertiary/aromatic N) is 2. The number of rotatable bonds is 2. The van der Waals surface area contributed by atoms with E-state index in [1.54, 1.807) is 18.3 Å². The summed E-state index contributed by atoms with van der Waals surface area (Å²) < 4.78 is 0. The minimum Gasteiger partial charge on any atom is -0.319 e. The lowest BCUT2D eigenvalue weighted by molar-refractivity contribution is -0.132. The first-order valence-electron chi connectivity index (χ1n) is 7.44. The lowest BCUT2D eigenvalue weighted by atomic mass is 9.92. The highest BCUT2D eigenvalue weighted by atomic mass is 35.5. The first-order chi connectivity index (χ1) is 11.1. The Labute approximate surface area is 138 Å². The van der Waals surface area contributed by atoms with E-state index in [0.29, 0.717) is 17.1 Å². The number of hydrogen-bond donors (Lipinski definition) is 1. The second-order valence-electron chi connectivity index (χ2n) is 5.84. The van der Waals surface area contributed by atoms with Crippen LogP contribution in [-0.2, 0) is 23.3 Å². The number of hydrogen-bond acceptors (Lipinski definition) is 3. The fraction of sp³-hybridized carbons (Fsp3) is 0.235. The van der Waals surface area contributed by atoms with Gasteiger partial charge in [-0.2, -0.15) is 0 Å². The molecule has 6 heteroatoms. The molecule has 0 saturated carbocycles. The molecule has 1 atom stereocenters. The molecule has 1 N–H and O–H groups in total. The summed E-state index contributed by atoms with van der Waals surface area (Å²) in [5, 5.41) is 3.21. The maximum absolute atomic E-state index is 13.0. The summed E-state index contributed by atoms with van der Waals surface area (Å²) in [4.78, 5) is 30.6. The molecule has 1 aliphatic heterocycles. The smallest absolute Gasteiger partial charge is 0.319 e. The second kappa shape index (κ2) is 5.06. The van der Waals surface area contributed by atoms with Crippen LogP contribution in [-0.4, -0.2) is 21.8 Å². The molecule has 2 aliphatic rings. The largest absolute Gasteiger partial charge is 0.325 e. The first kappa shape index (κ1) is 14.2. The summed E-state index contributed by atoms with van der Waals surface area (Å²) in [6.45, 7) is 0.126. The van der Waals surface area contributed by atoms with Crippen LogP contribution in [0.5, 0.6) is 0 Å². The summed E-state index contributed by atoms with van der Waals surface area (Å²) in [5.41, 5.74) is 1.74. The van der Waals surface area contributed by atoms with E-state index in [1.807, 2.05) is 24.3 Å². The number of fused-ring (bicyclic) bond motifs is 2. The number of carbonyl (C=O) groups excluding carboxylic acids is 2. The Morgan fingerprint density at radius 2 is 2.04 bits per heavy atom. The summed E-state index contributed by atoms with van der Waals surface area (Å²) in [6, 6.07) is 10.9. The lowest BCUT2D eigenvalue weighted by Gasteiger charge is -2.22. The van der Waals surface area contributed by atoms with Gasteiger partial charge in [0.05, 0.1) is 6.54 Å². The average molecular weight is 328 g/mol. The summed E-state index contributed by atoms with van der Waals surface area (Å²) in [7, 11) is 0. The van der Waals surface area contributed by atoms with Crippen molar-refractivity contribution in [3.05, 3.63) is 64.4 Å². The number of halogens is 1. The molecule has 116 valence electrons. The normalized spacial score (nSPS) is 22.6. The topological polar surface area (TPSA) is 62.3 Å². The third-order valence-corrected chi connectivity index (χ3v) is 4.93. The van der Waals surface area contributed by atoms with Crippen molar-refractivity contribution in [2.45, 2.75) is 24.9 Å². The van der Waals surface area contributed by atoms with Crippen LogP contribution < -0.4 is 5.32 Å². The van der Waals surface area contributed by atoms with Crippen LogP contribution in [0.1, 0.15) is 23.1 Å². The van der Waals surface area contributed by atoms with E-state index in [2.05, 4.69) is 10.3 Å². The van der Waals surface area contributed by atoms with Crippen LogP contribution >= 0.6 is 11.6 Å². The lowest BCUT2D eigenvalue weighted by Crippen LogP contribution is -2.41. The van der Waals surface area contributed by atoms with E-state index >= 15 is 0 Å². The highest BCUT2D eigenvalue weighted by Crippen LogP contribution is 2.41. The molecule has 3 amide bonds. The number of pyridine rings is 1. The molecule has 1 aromatic carbocycles. The van der Waals surface area contributed by atoms with Crippen molar-refractivity contribution in [2.24, 2.45) is 0 Å². The van der Waals surface area contributed by atoms with Crippen LogP contribution in [0, 0.1) is 0 Å². The van der Waals surface area contributed by atoms with E-state index in [9.17, 15) is 9.59 Å². The van der Waals surface area contributed by atoms with E-state index in [1.165, 1.54) is 4.90 Å². The van der Waals surface area contributed by atoms with Gasteiger partial charge in [0.2, 0.25) is 0 Å². The van der Waals surface area contributed by atoms with Gasteiger partial charge >= 0.3 is 6.03 Å². The molecule has 4 rings (SSSR count). The fourth-order valence-corrected chi connectivity index (χ4v) is 3.62. The quantitative estimate of drug-likeness (QED) is 0.681. The van der Waals surface area contributed by atoms with E-state index in [4.69, 9.17) is 11.6 Å². The van der Waals surface area contributed by atoms with Gasteiger partial charge in [0.15, 0.2) is 0 Å². The monoisotopic (exact) mass is 327 g/mol. The molecule has 2 aromatic rings. The molecule has 1 aliphatic carbocycles. The predicted octanol–water partition coefficient (Wildman–Crippen LogP) is 2.63. The Kier molecular flexibility index (Phi) is 3.13. The molecular formula is C17H14ClN3O2. The predicted molar refractivity (Wildman–Crippen MR) is 84.8 cm³/mol. The number of urea groups is 1. The SMILES string of the molecule is O=C1NC2(CCc3ccccc32)C(=O)N1Cc1cccnc1Cl. The Bertz CT molecular complexity index is 823. The van der Waals surface area contributed by atoms with Gasteiger partial charge < -0.3 is 5.32 Å². The summed E-state index contributed by atoms with van der Waals surface area (Å²) in [6.07, 6.45) is 2.95. The molecule has 1 saturated heterocycles. The third-order valence-electron chi connectivity index (χ3n) is 4.59. The first-order valence-corrected chi connectivity index (χ1v) is 7.81. The van der Waals surface area contributed by atoms with E-state index in [-0.39, 0.29) is 18.5 Å². The number of aromatic nitrogens is 1. The van der Waals surface area contributed by atoms with Gasteiger partial charge in [0.1, 0.15) is 10.7 Å². The minimum absolute atomic E-state index is 0.126. The summed E-state index contributed by atoms with van der Waals surface area (Å²) >= 11 is 6.05. The number of amides is 3. The van der Waals surface area contributed by atoms with E-state index in [0.717, 1.165) is 17.5 Å². The maximum Gasteiger partial charge on any atom is 0.325 e. The summed E-state index contributed by atoms with van der Waals surface area (Å²) in [5.74, 6) is -0.215. The van der Waals surface area contributed by atoms with E-state index < -0.39 is 5.54 Å². The zero-order chi connectivity index (χ0) is 16.0. The van der Waals surface area contributed by atoms with Crippen molar-refractivity contribution in [1.29, 1.82) is 0 Å². The molecule has 5 nitrogen and oxygen atoms in total. The fourth-order valence-electron chi connectivity index (χ4n) is 3.44. The molecule has 23 heavy (non-hydrogen) atoms. The van der Waals surface area contributed by atoms with Gasteiger partial charge in [0.25, 0.3) is 5.91 Å². The van der Waals surface area contributed by atoms with Gasteiger partial charge in [-0.3, -0.25) is 9.69 Å². The maximum atomic E-state index is 13.0. The van der Waals surface area contributed by atoms with Crippen LogP contribution in [0.15, 0.2) is 42.6 Å². The van der Waals surface area contributed by atoms with Gasteiger partial charge in [-0.1, -0.05) is 41.9 Å². The van der Waals surface area contributed by atoms with Crippen molar-refractivity contribution >= 4 is 23.5 Å². The Morgan fingerprint density at radius 1 is 1.22 bits per heavy atom. The Morgan fingerprint density at radius 3 is 2.87 bits per heavy atom. The molecular weight excluding hydrogens is 314 g/mol. The van der Waals surface area contributed by atoms with Gasteiger partial charge in [-0.05, 0) is 30.0 Å². The number of benzene rings is 1. The van der Waals surface area contributed by atoms with Gasteiger partial charge in [0, 0.05) is 11.8 Å². The van der Waals surface area contributed by atoms with Crippen molar-refractivity contribution in [1.82, 2.24) is 15.2 Å². The molecule has 2 heterocycles. The number of imide groups is 1. The third kappa shape index (κ3) is 2.04. The number of aryl methyl sites for hydroxylation is 1. The standard InChI is InChI=1S/C17H14ClN3O2/c18-14-12(5-3-9-19-14)10-21-15(22)17(20-16(21)23)8-7-11-4-1-2-6-13(11)17/h1-6,9H,7-8,10H2,(H,20,23). The van der Waals surface area contributed by atoms with Crippen LogP contribution in [0.4, 0.5) is 4.79 Å². The van der Waals surface area contributed by atoms with Crippen molar-refractivity contribution in [3.8, 4) is 0 Å². The zero-order valence-electron chi connectivity index (χ0n) is 12.3. The van der Waals surface area contributed by atoms with Crippen LogP contribution in [0.2, 0.25) is 5.15 Å². The molecule has 0 radical (unpaired) electrons. The Balaban J connectivity index is 1.69. The number of nitrogens with one attached hydrogen (secondary N) is 1. The minimum atomic E-state index is -0.928. The highest BCUT2D eigenvalue weighted by molar-refractivity contribution is 6.30. The van der Waals surface area contributed by atoms with Gasteiger partial charge in [-0.25, -0.2) is 9.78 Å². The van der Waals surface area contributed by atoms with Crippen molar-refractivity contribution in [2.75, 3.05) is 0 Å². The molecule has 1 unspecified atom stereocenters. The average Bonchev–Trinajstić information content (AvgIpc) is 3.04. The van der Waals surface area contributed by atoms with Crippen LogP contribution in [0.3, 0.4) is 0 Å².